The molecule has 0 N–H and O–H groups in total. The maximum Gasteiger partial charge on any atom is 0.293 e. The molecule has 1 aliphatic heterocycles. The average Bonchev–Trinajstić information content (AvgIpc) is 2.46. The van der Waals surface area contributed by atoms with Crippen LogP contribution < -0.4 is 4.74 Å². The SMILES string of the molecule is CN(C=O)[C@H]1c2cc(C#N)ccc2OC(C)(C)[C@@H]1OC=O. The van der Waals surface area contributed by atoms with Gasteiger partial charge in [0.15, 0.2) is 6.10 Å². The van der Waals surface area contributed by atoms with Crippen molar-refractivity contribution in [1.29, 1.82) is 5.26 Å². The summed E-state index contributed by atoms with van der Waals surface area (Å²) in [6, 6.07) is 6.52. The molecule has 6 nitrogen and oxygen atoms in total. The lowest BCUT2D eigenvalue weighted by Crippen LogP contribution is -2.54. The van der Waals surface area contributed by atoms with Crippen LogP contribution in [0.2, 0.25) is 0 Å². The van der Waals surface area contributed by atoms with E-state index in [0.717, 1.165) is 0 Å². The van der Waals surface area contributed by atoms with Gasteiger partial charge in [-0.05, 0) is 32.0 Å². The number of amides is 1. The minimum Gasteiger partial charge on any atom is -0.484 e. The van der Waals surface area contributed by atoms with Crippen molar-refractivity contribution in [3.63, 3.8) is 0 Å². The molecule has 110 valence electrons. The number of fused-ring (bicyclic) bond motifs is 1. The van der Waals surface area contributed by atoms with Gasteiger partial charge < -0.3 is 14.4 Å². The van der Waals surface area contributed by atoms with E-state index >= 15 is 0 Å². The number of benzene rings is 1. The second-order valence-corrected chi connectivity index (χ2v) is 5.44. The van der Waals surface area contributed by atoms with Crippen LogP contribution in [0.3, 0.4) is 0 Å². The van der Waals surface area contributed by atoms with Crippen LogP contribution >= 0.6 is 0 Å². The third-order valence-corrected chi connectivity index (χ3v) is 3.61. The Hall–Kier alpha value is -2.55. The molecule has 0 fully saturated rings. The van der Waals surface area contributed by atoms with Crippen molar-refractivity contribution < 1.29 is 19.1 Å². The van der Waals surface area contributed by atoms with E-state index in [1.807, 2.05) is 6.07 Å². The first-order chi connectivity index (χ1) is 9.94. The van der Waals surface area contributed by atoms with Crippen LogP contribution in [0.15, 0.2) is 18.2 Å². The van der Waals surface area contributed by atoms with Gasteiger partial charge in [0.05, 0.1) is 11.6 Å². The third-order valence-electron chi connectivity index (χ3n) is 3.61. The zero-order valence-corrected chi connectivity index (χ0v) is 12.1. The van der Waals surface area contributed by atoms with Gasteiger partial charge in [-0.15, -0.1) is 0 Å². The Kier molecular flexibility index (Phi) is 3.85. The molecule has 1 heterocycles. The lowest BCUT2D eigenvalue weighted by atomic mass is 9.85. The summed E-state index contributed by atoms with van der Waals surface area (Å²) in [4.78, 5) is 23.4. The van der Waals surface area contributed by atoms with Crippen LogP contribution in [0, 0.1) is 11.3 Å². The standard InChI is InChI=1S/C15H16N2O4/c1-15(2)14(20-9-19)13(17(3)8-18)11-6-10(7-16)4-5-12(11)21-15/h4-6,8-9,13-14H,1-3H3/t13-,14+/m0/s1. The molecule has 0 aromatic heterocycles. The first-order valence-corrected chi connectivity index (χ1v) is 6.44. The van der Waals surface area contributed by atoms with Gasteiger partial charge in [-0.25, -0.2) is 0 Å². The quantitative estimate of drug-likeness (QED) is 0.782. The molecule has 0 aliphatic carbocycles. The molecule has 21 heavy (non-hydrogen) atoms. The lowest BCUT2D eigenvalue weighted by molar-refractivity contribution is -0.158. The van der Waals surface area contributed by atoms with Crippen molar-refractivity contribution in [2.24, 2.45) is 0 Å². The number of nitrogens with zero attached hydrogens (tertiary/aromatic N) is 2. The number of hydrogen-bond acceptors (Lipinski definition) is 5. The van der Waals surface area contributed by atoms with Gasteiger partial charge in [0.25, 0.3) is 6.47 Å². The number of ether oxygens (including phenoxy) is 2. The number of likely N-dealkylation sites (N-methyl/N-ethyl adjacent to an activating group) is 1. The van der Waals surface area contributed by atoms with Gasteiger partial charge in [0.1, 0.15) is 17.4 Å². The van der Waals surface area contributed by atoms with Gasteiger partial charge in [0, 0.05) is 12.6 Å². The smallest absolute Gasteiger partial charge is 0.293 e. The summed E-state index contributed by atoms with van der Waals surface area (Å²) in [5, 5.41) is 9.03. The predicted molar refractivity (Wildman–Crippen MR) is 73.4 cm³/mol. The highest BCUT2D eigenvalue weighted by molar-refractivity contribution is 5.53. The van der Waals surface area contributed by atoms with Crippen molar-refractivity contribution in [2.75, 3.05) is 7.05 Å². The molecule has 0 bridgehead atoms. The fourth-order valence-corrected chi connectivity index (χ4v) is 2.62. The minimum absolute atomic E-state index is 0.348. The second-order valence-electron chi connectivity index (χ2n) is 5.44. The summed E-state index contributed by atoms with van der Waals surface area (Å²) in [5.74, 6) is 0.573. The largest absolute Gasteiger partial charge is 0.484 e. The predicted octanol–water partition coefficient (Wildman–Crippen LogP) is 1.40. The van der Waals surface area contributed by atoms with Gasteiger partial charge in [-0.1, -0.05) is 0 Å². The molecule has 0 unspecified atom stereocenters. The average molecular weight is 288 g/mol. The highest BCUT2D eigenvalue weighted by Crippen LogP contribution is 2.43. The zero-order chi connectivity index (χ0) is 15.6. The van der Waals surface area contributed by atoms with E-state index in [1.54, 1.807) is 39.1 Å². The van der Waals surface area contributed by atoms with E-state index < -0.39 is 17.7 Å². The van der Waals surface area contributed by atoms with Crippen molar-refractivity contribution >= 4 is 12.9 Å². The molecule has 1 aromatic carbocycles. The van der Waals surface area contributed by atoms with E-state index in [2.05, 4.69) is 0 Å². The lowest BCUT2D eigenvalue weighted by Gasteiger charge is -2.45. The van der Waals surface area contributed by atoms with E-state index in [0.29, 0.717) is 29.8 Å². The van der Waals surface area contributed by atoms with Crippen LogP contribution in [-0.2, 0) is 14.3 Å². The molecular formula is C15H16N2O4. The van der Waals surface area contributed by atoms with Crippen molar-refractivity contribution in [3.05, 3.63) is 29.3 Å². The molecule has 1 aromatic rings. The highest BCUT2D eigenvalue weighted by Gasteiger charge is 2.47. The maximum atomic E-state index is 11.2. The molecule has 0 spiro atoms. The summed E-state index contributed by atoms with van der Waals surface area (Å²) in [5.41, 5.74) is 0.297. The molecule has 6 heteroatoms. The monoisotopic (exact) mass is 288 g/mol. The number of carbonyl (C=O) groups excluding carboxylic acids is 2. The summed E-state index contributed by atoms with van der Waals surface area (Å²) < 4.78 is 11.0. The first kappa shape index (κ1) is 14.9. The number of hydrogen-bond donors (Lipinski definition) is 0. The Balaban J connectivity index is 2.61. The van der Waals surface area contributed by atoms with Crippen LogP contribution in [-0.4, -0.2) is 36.5 Å². The van der Waals surface area contributed by atoms with E-state index in [4.69, 9.17) is 14.7 Å². The molecule has 1 aliphatic rings. The Morgan fingerprint density at radius 3 is 2.71 bits per heavy atom. The molecule has 2 rings (SSSR count). The second kappa shape index (κ2) is 5.44. The van der Waals surface area contributed by atoms with Gasteiger partial charge in [-0.2, -0.15) is 5.26 Å². The van der Waals surface area contributed by atoms with E-state index in [9.17, 15) is 9.59 Å². The minimum atomic E-state index is -0.802. The van der Waals surface area contributed by atoms with Gasteiger partial charge in [0.2, 0.25) is 6.41 Å². The molecule has 0 radical (unpaired) electrons. The van der Waals surface area contributed by atoms with Crippen molar-refractivity contribution in [2.45, 2.75) is 31.6 Å². The molecule has 0 saturated carbocycles. The summed E-state index contributed by atoms with van der Waals surface area (Å²) in [7, 11) is 1.60. The summed E-state index contributed by atoms with van der Waals surface area (Å²) in [6.45, 7) is 3.92. The van der Waals surface area contributed by atoms with E-state index in [-0.39, 0.29) is 0 Å². The van der Waals surface area contributed by atoms with Crippen molar-refractivity contribution in [3.8, 4) is 11.8 Å². The topological polar surface area (TPSA) is 79.6 Å². The zero-order valence-electron chi connectivity index (χ0n) is 12.1. The molecule has 0 saturated heterocycles. The van der Waals surface area contributed by atoms with Gasteiger partial charge >= 0.3 is 0 Å². The summed E-state index contributed by atoms with van der Waals surface area (Å²) in [6.07, 6.45) is -0.0116. The fourth-order valence-electron chi connectivity index (χ4n) is 2.62. The van der Waals surface area contributed by atoms with Crippen LogP contribution in [0.1, 0.15) is 31.0 Å². The Morgan fingerprint density at radius 1 is 1.43 bits per heavy atom. The Labute approximate surface area is 122 Å². The summed E-state index contributed by atoms with van der Waals surface area (Å²) >= 11 is 0. The first-order valence-electron chi connectivity index (χ1n) is 6.44. The van der Waals surface area contributed by atoms with Crippen molar-refractivity contribution in [1.82, 2.24) is 4.90 Å². The van der Waals surface area contributed by atoms with Crippen LogP contribution in [0.4, 0.5) is 0 Å². The Morgan fingerprint density at radius 2 is 2.14 bits per heavy atom. The van der Waals surface area contributed by atoms with Crippen LogP contribution in [0.5, 0.6) is 5.75 Å². The van der Waals surface area contributed by atoms with Crippen LogP contribution in [0.25, 0.3) is 0 Å². The number of carbonyl (C=O) groups is 2. The fraction of sp³-hybridized carbons (Fsp3) is 0.400. The molecule has 1 amide bonds. The number of rotatable bonds is 4. The normalized spacial score (nSPS) is 22.2. The third kappa shape index (κ3) is 2.55. The highest BCUT2D eigenvalue weighted by atomic mass is 16.6. The number of nitriles is 1. The molecular weight excluding hydrogens is 272 g/mol. The Bertz CT molecular complexity index is 606. The van der Waals surface area contributed by atoms with E-state index in [1.165, 1.54) is 4.90 Å². The van der Waals surface area contributed by atoms with Gasteiger partial charge in [-0.3, -0.25) is 9.59 Å². The maximum absolute atomic E-state index is 11.2. The molecule has 2 atom stereocenters.